The topological polar surface area (TPSA) is 0 Å². The molecule has 0 aromatic rings. The summed E-state index contributed by atoms with van der Waals surface area (Å²) in [6.45, 7) is 0. The Morgan fingerprint density at radius 2 is 1.60 bits per heavy atom. The number of hydrogen-bond donors (Lipinski definition) is 0. The average molecular weight is 200 g/mol. The van der Waals surface area contributed by atoms with Crippen LogP contribution in [-0.2, 0) is 0 Å². The van der Waals surface area contributed by atoms with E-state index in [0.717, 1.165) is 23.7 Å². The summed E-state index contributed by atoms with van der Waals surface area (Å²) in [6.07, 6.45) is 10.9. The zero-order valence-corrected chi connectivity index (χ0v) is 9.41. The van der Waals surface area contributed by atoms with E-state index < -0.39 is 0 Å². The minimum Gasteiger partial charge on any atom is -0.0667 e. The first kappa shape index (κ1) is 7.92. The number of hydrogen-bond acceptors (Lipinski definition) is 0. The molecule has 0 spiro atoms. The van der Waals surface area contributed by atoms with E-state index in [2.05, 4.69) is 5.57 Å². The lowest BCUT2D eigenvalue weighted by Gasteiger charge is -2.28. The molecule has 15 heavy (non-hydrogen) atoms. The summed E-state index contributed by atoms with van der Waals surface area (Å²) < 4.78 is 0. The van der Waals surface area contributed by atoms with Gasteiger partial charge in [-0.05, 0) is 67.6 Å². The average Bonchev–Trinajstić information content (AvgIpc) is 3.12. The van der Waals surface area contributed by atoms with Gasteiger partial charge in [0, 0.05) is 0 Å². The molecule has 3 fully saturated rings. The molecule has 5 rings (SSSR count). The normalized spacial score (nSPS) is 59.2. The van der Waals surface area contributed by atoms with Gasteiger partial charge < -0.3 is 0 Å². The molecule has 0 saturated heterocycles. The molecule has 0 N–H and O–H groups in total. The third-order valence-electron chi connectivity index (χ3n) is 6.24. The fourth-order valence-electron chi connectivity index (χ4n) is 5.51. The smallest absolute Gasteiger partial charge is 0.0163 e. The molecule has 0 heterocycles. The van der Waals surface area contributed by atoms with Gasteiger partial charge in [-0.25, -0.2) is 0 Å². The quantitative estimate of drug-likeness (QED) is 0.522. The molecule has 6 unspecified atom stereocenters. The molecular weight excluding hydrogens is 180 g/mol. The minimum atomic E-state index is 1.09. The lowest BCUT2D eigenvalue weighted by Crippen LogP contribution is -2.17. The summed E-state index contributed by atoms with van der Waals surface area (Å²) in [7, 11) is 0. The van der Waals surface area contributed by atoms with E-state index >= 15 is 0 Å². The van der Waals surface area contributed by atoms with E-state index in [9.17, 15) is 0 Å². The summed E-state index contributed by atoms with van der Waals surface area (Å²) in [5.41, 5.74) is 4.08. The van der Waals surface area contributed by atoms with Crippen LogP contribution in [0.25, 0.3) is 0 Å². The van der Waals surface area contributed by atoms with Crippen molar-refractivity contribution in [3.05, 3.63) is 11.1 Å². The van der Waals surface area contributed by atoms with Gasteiger partial charge in [0.1, 0.15) is 0 Å². The van der Waals surface area contributed by atoms with Crippen LogP contribution in [0.2, 0.25) is 0 Å². The van der Waals surface area contributed by atoms with Gasteiger partial charge >= 0.3 is 0 Å². The van der Waals surface area contributed by atoms with Crippen molar-refractivity contribution in [2.24, 2.45) is 35.5 Å². The first-order chi connectivity index (χ1) is 7.43. The van der Waals surface area contributed by atoms with Crippen LogP contribution in [0.15, 0.2) is 11.1 Å². The predicted octanol–water partition coefficient (Wildman–Crippen LogP) is 3.78. The molecule has 0 aromatic heterocycles. The number of fused-ring (bicyclic) bond motifs is 7. The Bertz CT molecular complexity index is 364. The second-order valence-electron chi connectivity index (χ2n) is 6.85. The predicted molar refractivity (Wildman–Crippen MR) is 60.3 cm³/mol. The van der Waals surface area contributed by atoms with Crippen LogP contribution in [-0.4, -0.2) is 0 Å². The summed E-state index contributed by atoms with van der Waals surface area (Å²) in [5, 5.41) is 0. The first-order valence-corrected chi connectivity index (χ1v) is 7.16. The zero-order valence-electron chi connectivity index (χ0n) is 9.41. The van der Waals surface area contributed by atoms with Gasteiger partial charge in [-0.1, -0.05) is 24.0 Å². The van der Waals surface area contributed by atoms with Crippen molar-refractivity contribution in [2.75, 3.05) is 0 Å². The summed E-state index contributed by atoms with van der Waals surface area (Å²) in [6, 6.07) is 0. The maximum absolute atomic E-state index is 2.06. The van der Waals surface area contributed by atoms with E-state index in [4.69, 9.17) is 0 Å². The van der Waals surface area contributed by atoms with Gasteiger partial charge in [0.2, 0.25) is 0 Å². The molecule has 0 nitrogen and oxygen atoms in total. The molecule has 0 amide bonds. The highest BCUT2D eigenvalue weighted by Crippen LogP contribution is 2.72. The first-order valence-electron chi connectivity index (χ1n) is 7.16. The second-order valence-corrected chi connectivity index (χ2v) is 6.85. The van der Waals surface area contributed by atoms with E-state index in [-0.39, 0.29) is 0 Å². The fourth-order valence-corrected chi connectivity index (χ4v) is 5.51. The third kappa shape index (κ3) is 0.867. The van der Waals surface area contributed by atoms with Crippen molar-refractivity contribution in [1.29, 1.82) is 0 Å². The van der Waals surface area contributed by atoms with Gasteiger partial charge in [-0.3, -0.25) is 0 Å². The lowest BCUT2D eigenvalue weighted by molar-refractivity contribution is 0.287. The Labute approximate surface area is 92.1 Å². The Hall–Kier alpha value is -0.260. The summed E-state index contributed by atoms with van der Waals surface area (Å²) in [4.78, 5) is 0. The Balaban J connectivity index is 1.60. The Kier molecular flexibility index (Phi) is 1.25. The summed E-state index contributed by atoms with van der Waals surface area (Å²) in [5.74, 6) is 6.82. The van der Waals surface area contributed by atoms with Gasteiger partial charge in [0.15, 0.2) is 0 Å². The summed E-state index contributed by atoms with van der Waals surface area (Å²) >= 11 is 0. The fraction of sp³-hybridized carbons (Fsp3) is 0.867. The molecule has 5 aliphatic carbocycles. The second kappa shape index (κ2) is 2.36. The molecule has 80 valence electrons. The monoisotopic (exact) mass is 200 g/mol. The van der Waals surface area contributed by atoms with Crippen molar-refractivity contribution < 1.29 is 0 Å². The number of rotatable bonds is 0. The highest BCUT2D eigenvalue weighted by atomic mass is 14.7. The van der Waals surface area contributed by atoms with Gasteiger partial charge in [0.05, 0.1) is 0 Å². The molecular formula is C15H20. The molecule has 0 bridgehead atoms. The van der Waals surface area contributed by atoms with E-state index in [0.29, 0.717) is 0 Å². The van der Waals surface area contributed by atoms with Crippen LogP contribution in [0.5, 0.6) is 0 Å². The zero-order chi connectivity index (χ0) is 9.57. The van der Waals surface area contributed by atoms with Crippen molar-refractivity contribution >= 4 is 0 Å². The van der Waals surface area contributed by atoms with Gasteiger partial charge in [-0.15, -0.1) is 0 Å². The van der Waals surface area contributed by atoms with Crippen molar-refractivity contribution in [1.82, 2.24) is 0 Å². The SMILES string of the molecule is C1CCC2C3=C(CC2C1)C1CC1C1CC31. The molecule has 0 aromatic carbocycles. The van der Waals surface area contributed by atoms with Crippen LogP contribution in [0, 0.1) is 35.5 Å². The molecule has 0 radical (unpaired) electrons. The van der Waals surface area contributed by atoms with Crippen LogP contribution >= 0.6 is 0 Å². The molecule has 5 aliphatic rings. The number of allylic oxidation sites excluding steroid dienone is 2. The molecule has 0 aliphatic heterocycles. The van der Waals surface area contributed by atoms with Crippen LogP contribution in [0.1, 0.15) is 44.9 Å². The van der Waals surface area contributed by atoms with E-state index in [1.807, 2.05) is 5.57 Å². The van der Waals surface area contributed by atoms with Crippen LogP contribution in [0.4, 0.5) is 0 Å². The standard InChI is InChI=1S/C15H20/c1-2-4-9-8(3-1)5-13-11-6-10(11)12-7-14(12)15(9)13/h8-12,14H,1-7H2. The maximum atomic E-state index is 2.06. The van der Waals surface area contributed by atoms with Gasteiger partial charge in [-0.2, -0.15) is 0 Å². The van der Waals surface area contributed by atoms with E-state index in [1.165, 1.54) is 24.7 Å². The van der Waals surface area contributed by atoms with Gasteiger partial charge in [0.25, 0.3) is 0 Å². The minimum absolute atomic E-state index is 1.09. The molecule has 3 saturated carbocycles. The van der Waals surface area contributed by atoms with Crippen molar-refractivity contribution in [2.45, 2.75) is 44.9 Å². The lowest BCUT2D eigenvalue weighted by atomic mass is 9.77. The molecule has 6 atom stereocenters. The Morgan fingerprint density at radius 3 is 2.60 bits per heavy atom. The third-order valence-corrected chi connectivity index (χ3v) is 6.24. The maximum Gasteiger partial charge on any atom is -0.0163 e. The highest BCUT2D eigenvalue weighted by molar-refractivity contribution is 5.41. The van der Waals surface area contributed by atoms with E-state index in [1.54, 1.807) is 32.1 Å². The Morgan fingerprint density at radius 1 is 0.800 bits per heavy atom. The van der Waals surface area contributed by atoms with Crippen molar-refractivity contribution in [3.63, 3.8) is 0 Å². The highest BCUT2D eigenvalue weighted by Gasteiger charge is 2.63. The largest absolute Gasteiger partial charge is 0.0667 e. The van der Waals surface area contributed by atoms with Crippen molar-refractivity contribution in [3.8, 4) is 0 Å². The van der Waals surface area contributed by atoms with Crippen LogP contribution < -0.4 is 0 Å². The van der Waals surface area contributed by atoms with Crippen LogP contribution in [0.3, 0.4) is 0 Å². The molecule has 0 heteroatoms.